The summed E-state index contributed by atoms with van der Waals surface area (Å²) in [6.07, 6.45) is 2.77. The van der Waals surface area contributed by atoms with E-state index in [1.54, 1.807) is 30.3 Å². The van der Waals surface area contributed by atoms with Crippen LogP contribution in [0.2, 0.25) is 0 Å². The van der Waals surface area contributed by atoms with E-state index < -0.39 is 9.84 Å². The van der Waals surface area contributed by atoms with Gasteiger partial charge in [0.2, 0.25) is 0 Å². The highest BCUT2D eigenvalue weighted by molar-refractivity contribution is 7.90. The van der Waals surface area contributed by atoms with Gasteiger partial charge >= 0.3 is 0 Å². The lowest BCUT2D eigenvalue weighted by Gasteiger charge is -2.20. The van der Waals surface area contributed by atoms with Crippen LogP contribution in [-0.2, 0) is 16.4 Å². The van der Waals surface area contributed by atoms with Gasteiger partial charge in [-0.05, 0) is 29.8 Å². The summed E-state index contributed by atoms with van der Waals surface area (Å²) >= 11 is 0. The summed E-state index contributed by atoms with van der Waals surface area (Å²) in [6.45, 7) is 0.532. The maximum atomic E-state index is 11.8. The summed E-state index contributed by atoms with van der Waals surface area (Å²) in [5.74, 6) is 0.442. The van der Waals surface area contributed by atoms with E-state index in [4.69, 9.17) is 5.73 Å². The molecular formula is C14H17N3O2S. The van der Waals surface area contributed by atoms with Crippen LogP contribution in [0.15, 0.2) is 47.5 Å². The van der Waals surface area contributed by atoms with Gasteiger partial charge in [-0.3, -0.25) is 0 Å². The minimum Gasteiger partial charge on any atom is -0.399 e. The third-order valence-corrected chi connectivity index (χ3v) is 4.00. The fraction of sp³-hybridized carbons (Fsp3) is 0.214. The van der Waals surface area contributed by atoms with Crippen molar-refractivity contribution in [3.63, 3.8) is 0 Å². The van der Waals surface area contributed by atoms with Crippen molar-refractivity contribution in [1.82, 2.24) is 4.98 Å². The Morgan fingerprint density at radius 2 is 2.00 bits per heavy atom. The first-order chi connectivity index (χ1) is 9.38. The molecule has 2 rings (SSSR count). The monoisotopic (exact) mass is 291 g/mol. The molecule has 0 aliphatic carbocycles. The van der Waals surface area contributed by atoms with Crippen molar-refractivity contribution < 1.29 is 8.42 Å². The lowest BCUT2D eigenvalue weighted by Crippen LogP contribution is -2.20. The summed E-state index contributed by atoms with van der Waals surface area (Å²) in [5.41, 5.74) is 7.42. The van der Waals surface area contributed by atoms with E-state index in [1.165, 1.54) is 6.26 Å². The third-order valence-electron chi connectivity index (χ3n) is 2.88. The molecule has 0 amide bonds. The van der Waals surface area contributed by atoms with Crippen LogP contribution in [0.1, 0.15) is 5.56 Å². The molecule has 0 bridgehead atoms. The van der Waals surface area contributed by atoms with Gasteiger partial charge < -0.3 is 10.6 Å². The van der Waals surface area contributed by atoms with Crippen LogP contribution in [0, 0.1) is 0 Å². The first-order valence-corrected chi connectivity index (χ1v) is 7.97. The van der Waals surface area contributed by atoms with E-state index in [0.29, 0.717) is 18.1 Å². The predicted octanol–water partition coefficient (Wildman–Crippen LogP) is 1.70. The summed E-state index contributed by atoms with van der Waals surface area (Å²) in [5, 5.41) is 0. The molecule has 20 heavy (non-hydrogen) atoms. The Balaban J connectivity index is 2.33. The van der Waals surface area contributed by atoms with E-state index in [2.05, 4.69) is 4.98 Å². The highest BCUT2D eigenvalue weighted by Crippen LogP contribution is 2.22. The zero-order valence-electron chi connectivity index (χ0n) is 11.4. The molecule has 0 radical (unpaired) electrons. The Morgan fingerprint density at radius 3 is 2.65 bits per heavy atom. The number of sulfone groups is 1. The SMILES string of the molecule is CN(Cc1cccc(N)c1)c1ncccc1S(C)(=O)=O. The minimum atomic E-state index is -3.31. The van der Waals surface area contributed by atoms with E-state index in [0.717, 1.165) is 5.56 Å². The quantitative estimate of drug-likeness (QED) is 0.868. The van der Waals surface area contributed by atoms with Crippen LogP contribution in [0.5, 0.6) is 0 Å². The standard InChI is InChI=1S/C14H17N3O2S/c1-17(10-11-5-3-6-12(15)9-11)14-13(20(2,18)19)7-4-8-16-14/h3-9H,10,15H2,1-2H3. The number of rotatable bonds is 4. The number of pyridine rings is 1. The second-order valence-electron chi connectivity index (χ2n) is 4.70. The normalized spacial score (nSPS) is 11.3. The molecule has 0 aliphatic rings. The Morgan fingerprint density at radius 1 is 1.25 bits per heavy atom. The van der Waals surface area contributed by atoms with E-state index in [-0.39, 0.29) is 4.90 Å². The van der Waals surface area contributed by atoms with Crippen LogP contribution in [0.25, 0.3) is 0 Å². The molecule has 1 aromatic carbocycles. The molecule has 0 spiro atoms. The lowest BCUT2D eigenvalue weighted by atomic mass is 10.2. The number of nitrogens with zero attached hydrogens (tertiary/aromatic N) is 2. The van der Waals surface area contributed by atoms with Gasteiger partial charge in [0, 0.05) is 31.7 Å². The maximum absolute atomic E-state index is 11.8. The molecule has 5 nitrogen and oxygen atoms in total. The third kappa shape index (κ3) is 3.27. The summed E-state index contributed by atoms with van der Waals surface area (Å²) < 4.78 is 23.6. The molecule has 0 saturated carbocycles. The van der Waals surface area contributed by atoms with Crippen LogP contribution >= 0.6 is 0 Å². The molecule has 0 fully saturated rings. The van der Waals surface area contributed by atoms with E-state index in [1.807, 2.05) is 24.3 Å². The molecule has 2 N–H and O–H groups in total. The van der Waals surface area contributed by atoms with Gasteiger partial charge in [-0.1, -0.05) is 12.1 Å². The van der Waals surface area contributed by atoms with Crippen molar-refractivity contribution in [3.05, 3.63) is 48.2 Å². The molecule has 1 aromatic heterocycles. The fourth-order valence-electron chi connectivity index (χ4n) is 2.00. The van der Waals surface area contributed by atoms with Crippen molar-refractivity contribution >= 4 is 21.3 Å². The van der Waals surface area contributed by atoms with Crippen LogP contribution in [0.4, 0.5) is 11.5 Å². The van der Waals surface area contributed by atoms with E-state index >= 15 is 0 Å². The average molecular weight is 291 g/mol. The largest absolute Gasteiger partial charge is 0.399 e. The van der Waals surface area contributed by atoms with Crippen molar-refractivity contribution in [2.75, 3.05) is 23.9 Å². The van der Waals surface area contributed by atoms with Crippen molar-refractivity contribution in [3.8, 4) is 0 Å². The predicted molar refractivity (Wildman–Crippen MR) is 80.3 cm³/mol. The Bertz CT molecular complexity index is 714. The van der Waals surface area contributed by atoms with Gasteiger partial charge in [0.25, 0.3) is 0 Å². The smallest absolute Gasteiger partial charge is 0.179 e. The number of hydrogen-bond acceptors (Lipinski definition) is 5. The second kappa shape index (κ2) is 5.50. The summed E-state index contributed by atoms with van der Waals surface area (Å²) in [6, 6.07) is 10.7. The van der Waals surface area contributed by atoms with Crippen LogP contribution in [-0.4, -0.2) is 26.7 Å². The topological polar surface area (TPSA) is 76.3 Å². The zero-order chi connectivity index (χ0) is 14.8. The highest BCUT2D eigenvalue weighted by atomic mass is 32.2. The Hall–Kier alpha value is -2.08. The highest BCUT2D eigenvalue weighted by Gasteiger charge is 2.17. The molecule has 0 aliphatic heterocycles. The van der Waals surface area contributed by atoms with E-state index in [9.17, 15) is 8.42 Å². The molecule has 0 unspecified atom stereocenters. The summed E-state index contributed by atoms with van der Waals surface area (Å²) in [4.78, 5) is 6.20. The average Bonchev–Trinajstić information content (AvgIpc) is 2.37. The molecule has 2 aromatic rings. The summed E-state index contributed by atoms with van der Waals surface area (Å²) in [7, 11) is -1.50. The van der Waals surface area contributed by atoms with Crippen molar-refractivity contribution in [1.29, 1.82) is 0 Å². The van der Waals surface area contributed by atoms with Crippen LogP contribution in [0.3, 0.4) is 0 Å². The van der Waals surface area contributed by atoms with Gasteiger partial charge in [0.1, 0.15) is 10.7 Å². The number of hydrogen-bond donors (Lipinski definition) is 1. The number of aromatic nitrogens is 1. The minimum absolute atomic E-state index is 0.228. The molecule has 106 valence electrons. The van der Waals surface area contributed by atoms with Gasteiger partial charge in [-0.15, -0.1) is 0 Å². The molecule has 0 saturated heterocycles. The number of benzene rings is 1. The Kier molecular flexibility index (Phi) is 3.94. The molecule has 1 heterocycles. The number of anilines is 2. The fourth-order valence-corrected chi connectivity index (χ4v) is 2.86. The van der Waals surface area contributed by atoms with Crippen molar-refractivity contribution in [2.45, 2.75) is 11.4 Å². The second-order valence-corrected chi connectivity index (χ2v) is 6.68. The van der Waals surface area contributed by atoms with Crippen molar-refractivity contribution in [2.24, 2.45) is 0 Å². The number of nitrogens with two attached hydrogens (primary N) is 1. The Labute approximate surface area is 119 Å². The first kappa shape index (κ1) is 14.3. The van der Waals surface area contributed by atoms with Gasteiger partial charge in [0.05, 0.1) is 0 Å². The maximum Gasteiger partial charge on any atom is 0.179 e. The first-order valence-electron chi connectivity index (χ1n) is 6.08. The van der Waals surface area contributed by atoms with Gasteiger partial charge in [-0.25, -0.2) is 13.4 Å². The lowest BCUT2D eigenvalue weighted by molar-refractivity contribution is 0.601. The van der Waals surface area contributed by atoms with Gasteiger partial charge in [0.15, 0.2) is 9.84 Å². The number of nitrogen functional groups attached to an aromatic ring is 1. The van der Waals surface area contributed by atoms with Gasteiger partial charge in [-0.2, -0.15) is 0 Å². The zero-order valence-corrected chi connectivity index (χ0v) is 12.3. The molecular weight excluding hydrogens is 274 g/mol. The molecule has 0 atom stereocenters. The molecule has 6 heteroatoms. The van der Waals surface area contributed by atoms with Crippen LogP contribution < -0.4 is 10.6 Å².